The lowest BCUT2D eigenvalue weighted by molar-refractivity contribution is 0.0648. The third kappa shape index (κ3) is 5.22. The largest absolute Gasteiger partial charge is 0.336 e. The monoisotopic (exact) mass is 416 g/mol. The third-order valence-corrected chi connectivity index (χ3v) is 5.45. The molecule has 0 atom stereocenters. The summed E-state index contributed by atoms with van der Waals surface area (Å²) in [7, 11) is 0. The van der Waals surface area contributed by atoms with Crippen molar-refractivity contribution in [3.63, 3.8) is 0 Å². The smallest absolute Gasteiger partial charge is 0.257 e. The molecule has 0 radical (unpaired) electrons. The third-order valence-electron chi connectivity index (χ3n) is 5.45. The number of halogens is 1. The molecule has 2 aromatic carbocycles. The van der Waals surface area contributed by atoms with Crippen LogP contribution in [-0.2, 0) is 0 Å². The van der Waals surface area contributed by atoms with Crippen LogP contribution in [0.4, 0.5) is 4.39 Å². The Kier molecular flexibility index (Phi) is 6.48. The SMILES string of the molecule is Cc1nc(-c2ccc(F)cc2)ncc1C(=O)N1CCN(C/C=C/c2ccccc2)CC1. The molecule has 0 bridgehead atoms. The second-order valence-electron chi connectivity index (χ2n) is 7.61. The number of carbonyl (C=O) groups excluding carboxylic acids is 1. The van der Waals surface area contributed by atoms with Crippen LogP contribution in [-0.4, -0.2) is 58.4 Å². The summed E-state index contributed by atoms with van der Waals surface area (Å²) in [6.45, 7) is 5.70. The topological polar surface area (TPSA) is 49.3 Å². The minimum absolute atomic E-state index is 0.0392. The van der Waals surface area contributed by atoms with E-state index < -0.39 is 0 Å². The summed E-state index contributed by atoms with van der Waals surface area (Å²) in [5, 5.41) is 0. The lowest BCUT2D eigenvalue weighted by Crippen LogP contribution is -2.48. The fraction of sp³-hybridized carbons (Fsp3) is 0.240. The van der Waals surface area contributed by atoms with Crippen molar-refractivity contribution < 1.29 is 9.18 Å². The predicted molar refractivity (Wildman–Crippen MR) is 120 cm³/mol. The number of hydrogen-bond donors (Lipinski definition) is 0. The van der Waals surface area contributed by atoms with Gasteiger partial charge in [0.1, 0.15) is 5.82 Å². The highest BCUT2D eigenvalue weighted by Crippen LogP contribution is 2.18. The maximum atomic E-state index is 13.1. The molecule has 2 heterocycles. The van der Waals surface area contributed by atoms with Gasteiger partial charge in [-0.1, -0.05) is 42.5 Å². The van der Waals surface area contributed by atoms with Gasteiger partial charge in [0.15, 0.2) is 5.82 Å². The first-order valence-electron chi connectivity index (χ1n) is 10.4. The van der Waals surface area contributed by atoms with Crippen LogP contribution >= 0.6 is 0 Å². The second-order valence-corrected chi connectivity index (χ2v) is 7.61. The van der Waals surface area contributed by atoms with E-state index >= 15 is 0 Å². The highest BCUT2D eigenvalue weighted by Gasteiger charge is 2.23. The molecular weight excluding hydrogens is 391 g/mol. The van der Waals surface area contributed by atoms with Crippen molar-refractivity contribution in [2.24, 2.45) is 0 Å². The van der Waals surface area contributed by atoms with Crippen molar-refractivity contribution in [2.75, 3.05) is 32.7 Å². The van der Waals surface area contributed by atoms with E-state index in [0.717, 1.165) is 25.2 Å². The first-order valence-corrected chi connectivity index (χ1v) is 10.4. The number of hydrogen-bond acceptors (Lipinski definition) is 4. The Labute approximate surface area is 181 Å². The summed E-state index contributed by atoms with van der Waals surface area (Å²) >= 11 is 0. The van der Waals surface area contributed by atoms with Crippen molar-refractivity contribution in [3.05, 3.63) is 89.5 Å². The van der Waals surface area contributed by atoms with Gasteiger partial charge in [-0.05, 0) is 36.8 Å². The quantitative estimate of drug-likeness (QED) is 0.629. The molecule has 1 fully saturated rings. The van der Waals surface area contributed by atoms with Crippen molar-refractivity contribution in [3.8, 4) is 11.4 Å². The van der Waals surface area contributed by atoms with Gasteiger partial charge in [0.2, 0.25) is 0 Å². The van der Waals surface area contributed by atoms with Gasteiger partial charge in [-0.15, -0.1) is 0 Å². The molecule has 1 aliphatic rings. The maximum Gasteiger partial charge on any atom is 0.257 e. The Morgan fingerprint density at radius 3 is 2.42 bits per heavy atom. The molecule has 158 valence electrons. The van der Waals surface area contributed by atoms with E-state index in [0.29, 0.717) is 30.2 Å². The fourth-order valence-electron chi connectivity index (χ4n) is 3.62. The van der Waals surface area contributed by atoms with E-state index in [1.165, 1.54) is 17.7 Å². The van der Waals surface area contributed by atoms with Gasteiger partial charge in [-0.3, -0.25) is 9.69 Å². The molecular formula is C25H25FN4O. The van der Waals surface area contributed by atoms with Crippen LogP contribution in [0.1, 0.15) is 21.6 Å². The van der Waals surface area contributed by atoms with Gasteiger partial charge in [-0.2, -0.15) is 0 Å². The van der Waals surface area contributed by atoms with Gasteiger partial charge in [0.05, 0.1) is 11.3 Å². The second kappa shape index (κ2) is 9.62. The van der Waals surface area contributed by atoms with Crippen LogP contribution in [0, 0.1) is 12.7 Å². The maximum absolute atomic E-state index is 13.1. The minimum Gasteiger partial charge on any atom is -0.336 e. The first kappa shape index (κ1) is 20.9. The van der Waals surface area contributed by atoms with Crippen molar-refractivity contribution in [2.45, 2.75) is 6.92 Å². The molecule has 1 amide bonds. The Balaban J connectivity index is 1.34. The first-order chi connectivity index (χ1) is 15.1. The molecule has 1 aliphatic heterocycles. The summed E-state index contributed by atoms with van der Waals surface area (Å²) < 4.78 is 13.1. The molecule has 1 aromatic heterocycles. The Morgan fingerprint density at radius 2 is 1.74 bits per heavy atom. The Hall–Kier alpha value is -3.38. The molecule has 4 rings (SSSR count). The number of nitrogens with zero attached hydrogens (tertiary/aromatic N) is 4. The molecule has 6 heteroatoms. The molecule has 0 saturated carbocycles. The average molecular weight is 417 g/mol. The number of benzene rings is 2. The standard InChI is InChI=1S/C25H25FN4O/c1-19-23(18-27-24(28-19)21-9-11-22(26)12-10-21)25(31)30-16-14-29(15-17-30)13-5-8-20-6-3-2-4-7-20/h2-12,18H,13-17H2,1H3/b8-5+. The van der Waals surface area contributed by atoms with Crippen LogP contribution < -0.4 is 0 Å². The van der Waals surface area contributed by atoms with Crippen LogP contribution in [0.2, 0.25) is 0 Å². The van der Waals surface area contributed by atoms with Crippen molar-refractivity contribution >= 4 is 12.0 Å². The Bertz CT molecular complexity index is 1060. The number of aryl methyl sites for hydroxylation is 1. The van der Waals surface area contributed by atoms with E-state index in [1.54, 1.807) is 18.3 Å². The summed E-state index contributed by atoms with van der Waals surface area (Å²) in [6.07, 6.45) is 5.87. The number of amides is 1. The highest BCUT2D eigenvalue weighted by molar-refractivity contribution is 5.95. The van der Waals surface area contributed by atoms with Crippen LogP contribution in [0.3, 0.4) is 0 Å². The summed E-state index contributed by atoms with van der Waals surface area (Å²) in [5.41, 5.74) is 3.06. The summed E-state index contributed by atoms with van der Waals surface area (Å²) in [4.78, 5) is 26.0. The Morgan fingerprint density at radius 1 is 1.03 bits per heavy atom. The van der Waals surface area contributed by atoms with Gasteiger partial charge < -0.3 is 4.90 Å². The van der Waals surface area contributed by atoms with Gasteiger partial charge in [-0.25, -0.2) is 14.4 Å². The molecule has 0 aliphatic carbocycles. The molecule has 5 nitrogen and oxygen atoms in total. The molecule has 0 unspecified atom stereocenters. The lowest BCUT2D eigenvalue weighted by atomic mass is 10.1. The summed E-state index contributed by atoms with van der Waals surface area (Å²) in [5.74, 6) is 0.147. The number of aromatic nitrogens is 2. The minimum atomic E-state index is -0.304. The zero-order chi connectivity index (χ0) is 21.6. The number of piperazine rings is 1. The van der Waals surface area contributed by atoms with Crippen molar-refractivity contribution in [1.29, 1.82) is 0 Å². The average Bonchev–Trinajstić information content (AvgIpc) is 2.80. The van der Waals surface area contributed by atoms with Crippen LogP contribution in [0.15, 0.2) is 66.9 Å². The molecule has 0 spiro atoms. The van der Waals surface area contributed by atoms with Crippen molar-refractivity contribution in [1.82, 2.24) is 19.8 Å². The van der Waals surface area contributed by atoms with E-state index in [1.807, 2.05) is 30.0 Å². The zero-order valence-corrected chi connectivity index (χ0v) is 17.5. The normalized spacial score (nSPS) is 14.8. The molecule has 0 N–H and O–H groups in total. The van der Waals surface area contributed by atoms with E-state index in [-0.39, 0.29) is 11.7 Å². The van der Waals surface area contributed by atoms with Gasteiger partial charge in [0.25, 0.3) is 5.91 Å². The number of rotatable bonds is 5. The molecule has 3 aromatic rings. The van der Waals surface area contributed by atoms with E-state index in [9.17, 15) is 9.18 Å². The number of carbonyl (C=O) groups is 1. The van der Waals surface area contributed by atoms with E-state index in [4.69, 9.17) is 0 Å². The zero-order valence-electron chi connectivity index (χ0n) is 17.5. The van der Waals surface area contributed by atoms with Crippen LogP contribution in [0.25, 0.3) is 17.5 Å². The highest BCUT2D eigenvalue weighted by atomic mass is 19.1. The fourth-order valence-corrected chi connectivity index (χ4v) is 3.62. The summed E-state index contributed by atoms with van der Waals surface area (Å²) in [6, 6.07) is 16.3. The van der Waals surface area contributed by atoms with Gasteiger partial charge >= 0.3 is 0 Å². The van der Waals surface area contributed by atoms with E-state index in [2.05, 4.69) is 39.2 Å². The van der Waals surface area contributed by atoms with Crippen LogP contribution in [0.5, 0.6) is 0 Å². The molecule has 31 heavy (non-hydrogen) atoms. The predicted octanol–water partition coefficient (Wildman–Crippen LogP) is 4.06. The molecule has 1 saturated heterocycles. The van der Waals surface area contributed by atoms with Gasteiger partial charge in [0, 0.05) is 44.5 Å². The lowest BCUT2D eigenvalue weighted by Gasteiger charge is -2.34.